The van der Waals surface area contributed by atoms with E-state index in [4.69, 9.17) is 0 Å². The molecule has 0 fully saturated rings. The van der Waals surface area contributed by atoms with Crippen molar-refractivity contribution < 1.29 is 0 Å². The fourth-order valence-electron chi connectivity index (χ4n) is 1.22. The van der Waals surface area contributed by atoms with Gasteiger partial charge < -0.3 is 5.32 Å². The van der Waals surface area contributed by atoms with Crippen LogP contribution in [0.15, 0.2) is 43.1 Å². The quantitative estimate of drug-likeness (QED) is 0.738. The molecule has 0 atom stereocenters. The molecule has 0 aliphatic heterocycles. The average Bonchev–Trinajstić information content (AvgIpc) is 2.19. The molecule has 1 heteroatoms. The molecular formula is C12H15N. The van der Waals surface area contributed by atoms with Crippen LogP contribution >= 0.6 is 0 Å². The monoisotopic (exact) mass is 173 g/mol. The molecule has 0 saturated heterocycles. The van der Waals surface area contributed by atoms with E-state index < -0.39 is 0 Å². The van der Waals surface area contributed by atoms with Crippen LogP contribution in [0.1, 0.15) is 11.1 Å². The summed E-state index contributed by atoms with van der Waals surface area (Å²) in [5.74, 6) is 0. The zero-order chi connectivity index (χ0) is 9.52. The molecule has 1 aromatic rings. The lowest BCUT2D eigenvalue weighted by Gasteiger charge is -2.01. The summed E-state index contributed by atoms with van der Waals surface area (Å²) in [4.78, 5) is 0. The predicted molar refractivity (Wildman–Crippen MR) is 58.4 cm³/mol. The van der Waals surface area contributed by atoms with Crippen LogP contribution in [0.5, 0.6) is 0 Å². The van der Waals surface area contributed by atoms with Gasteiger partial charge in [0.2, 0.25) is 0 Å². The minimum Gasteiger partial charge on any atom is -0.394 e. The van der Waals surface area contributed by atoms with Gasteiger partial charge in [0.1, 0.15) is 0 Å². The number of nitrogens with one attached hydrogen (secondary N) is 1. The van der Waals surface area contributed by atoms with Gasteiger partial charge in [0.15, 0.2) is 0 Å². The van der Waals surface area contributed by atoms with Gasteiger partial charge in [-0.2, -0.15) is 0 Å². The second-order valence-corrected chi connectivity index (χ2v) is 2.80. The summed E-state index contributed by atoms with van der Waals surface area (Å²) in [6, 6.07) is 8.28. The molecule has 1 aromatic carbocycles. The topological polar surface area (TPSA) is 12.0 Å². The molecule has 68 valence electrons. The van der Waals surface area contributed by atoms with Crippen LogP contribution in [0, 0.1) is 0 Å². The average molecular weight is 173 g/mol. The lowest BCUT2D eigenvalue weighted by molar-refractivity contribution is 1.08. The summed E-state index contributed by atoms with van der Waals surface area (Å²) >= 11 is 0. The van der Waals surface area contributed by atoms with Crippen molar-refractivity contribution in [3.8, 4) is 0 Å². The largest absolute Gasteiger partial charge is 0.394 e. The van der Waals surface area contributed by atoms with Crippen molar-refractivity contribution in [3.05, 3.63) is 54.2 Å². The summed E-state index contributed by atoms with van der Waals surface area (Å²) in [6.45, 7) is 3.78. The zero-order valence-corrected chi connectivity index (χ0v) is 7.96. The highest BCUT2D eigenvalue weighted by Crippen LogP contribution is 2.10. The maximum absolute atomic E-state index is 3.78. The van der Waals surface area contributed by atoms with Gasteiger partial charge in [0, 0.05) is 7.05 Å². The Labute approximate surface area is 79.8 Å². The molecule has 0 aliphatic rings. The summed E-state index contributed by atoms with van der Waals surface area (Å²) in [7, 11) is 1.90. The Morgan fingerprint density at radius 2 is 2.15 bits per heavy atom. The SMILES string of the molecule is C=Cc1ccccc1CC=CNC. The summed E-state index contributed by atoms with van der Waals surface area (Å²) in [6.07, 6.45) is 6.88. The molecule has 0 radical (unpaired) electrons. The highest BCUT2D eigenvalue weighted by molar-refractivity contribution is 5.52. The standard InChI is InChI=1S/C12H15N/c1-3-11-7-4-5-8-12(11)9-6-10-13-2/h3-8,10,13H,1,9H2,2H3. The Morgan fingerprint density at radius 1 is 1.38 bits per heavy atom. The summed E-state index contributed by atoms with van der Waals surface area (Å²) in [5, 5.41) is 2.97. The van der Waals surface area contributed by atoms with E-state index in [2.05, 4.69) is 36.2 Å². The van der Waals surface area contributed by atoms with Crippen LogP contribution in [0.2, 0.25) is 0 Å². The van der Waals surface area contributed by atoms with Crippen molar-refractivity contribution in [1.82, 2.24) is 5.32 Å². The van der Waals surface area contributed by atoms with E-state index >= 15 is 0 Å². The molecule has 1 rings (SSSR count). The minimum atomic E-state index is 0.947. The van der Waals surface area contributed by atoms with E-state index in [0.717, 1.165) is 6.42 Å². The molecule has 1 nitrogen and oxygen atoms in total. The maximum atomic E-state index is 3.78. The Balaban J connectivity index is 2.75. The van der Waals surface area contributed by atoms with Crippen LogP contribution in [0.25, 0.3) is 6.08 Å². The third-order valence-electron chi connectivity index (χ3n) is 1.90. The Bertz CT molecular complexity index is 300. The Hall–Kier alpha value is -1.50. The maximum Gasteiger partial charge on any atom is 0.00276 e. The van der Waals surface area contributed by atoms with Gasteiger partial charge in [0.05, 0.1) is 0 Å². The zero-order valence-electron chi connectivity index (χ0n) is 7.96. The lowest BCUT2D eigenvalue weighted by atomic mass is 10.0. The third kappa shape index (κ3) is 2.79. The molecule has 0 saturated carbocycles. The molecular weight excluding hydrogens is 158 g/mol. The van der Waals surface area contributed by atoms with Gasteiger partial charge in [-0.15, -0.1) is 0 Å². The van der Waals surface area contributed by atoms with Crippen LogP contribution in [-0.2, 0) is 6.42 Å². The molecule has 0 heterocycles. The summed E-state index contributed by atoms with van der Waals surface area (Å²) < 4.78 is 0. The van der Waals surface area contributed by atoms with Crippen LogP contribution in [-0.4, -0.2) is 7.05 Å². The van der Waals surface area contributed by atoms with Crippen LogP contribution < -0.4 is 5.32 Å². The molecule has 1 N–H and O–H groups in total. The third-order valence-corrected chi connectivity index (χ3v) is 1.90. The van der Waals surface area contributed by atoms with Crippen molar-refractivity contribution in [3.63, 3.8) is 0 Å². The van der Waals surface area contributed by atoms with E-state index in [1.54, 1.807) is 0 Å². The first-order valence-corrected chi connectivity index (χ1v) is 4.41. The van der Waals surface area contributed by atoms with E-state index in [0.29, 0.717) is 0 Å². The number of hydrogen-bond donors (Lipinski definition) is 1. The molecule has 0 bridgehead atoms. The molecule has 13 heavy (non-hydrogen) atoms. The van der Waals surface area contributed by atoms with Crippen molar-refractivity contribution in [2.45, 2.75) is 6.42 Å². The van der Waals surface area contributed by atoms with Crippen LogP contribution in [0.3, 0.4) is 0 Å². The van der Waals surface area contributed by atoms with E-state index in [1.165, 1.54) is 11.1 Å². The molecule has 0 amide bonds. The van der Waals surface area contributed by atoms with E-state index in [1.807, 2.05) is 25.4 Å². The van der Waals surface area contributed by atoms with Crippen LogP contribution in [0.4, 0.5) is 0 Å². The minimum absolute atomic E-state index is 0.947. The van der Waals surface area contributed by atoms with Gasteiger partial charge in [-0.05, 0) is 23.7 Å². The second kappa shape index (κ2) is 5.20. The van der Waals surface area contributed by atoms with Crippen molar-refractivity contribution in [2.24, 2.45) is 0 Å². The summed E-state index contributed by atoms with van der Waals surface area (Å²) in [5.41, 5.74) is 2.52. The van der Waals surface area contributed by atoms with Crippen molar-refractivity contribution in [2.75, 3.05) is 7.05 Å². The van der Waals surface area contributed by atoms with E-state index in [9.17, 15) is 0 Å². The number of hydrogen-bond acceptors (Lipinski definition) is 1. The fraction of sp³-hybridized carbons (Fsp3) is 0.167. The Morgan fingerprint density at radius 3 is 2.85 bits per heavy atom. The number of rotatable bonds is 4. The first-order valence-electron chi connectivity index (χ1n) is 4.41. The second-order valence-electron chi connectivity index (χ2n) is 2.80. The predicted octanol–water partition coefficient (Wildman–Crippen LogP) is 2.61. The van der Waals surface area contributed by atoms with Gasteiger partial charge >= 0.3 is 0 Å². The lowest BCUT2D eigenvalue weighted by Crippen LogP contribution is -1.92. The smallest absolute Gasteiger partial charge is 0.00276 e. The first-order chi connectivity index (χ1) is 6.38. The molecule has 0 aromatic heterocycles. The molecule has 0 spiro atoms. The number of benzene rings is 1. The fourth-order valence-corrected chi connectivity index (χ4v) is 1.22. The molecule has 0 unspecified atom stereocenters. The van der Waals surface area contributed by atoms with Gasteiger partial charge in [-0.1, -0.05) is 43.0 Å². The highest BCUT2D eigenvalue weighted by Gasteiger charge is 1.93. The normalized spacial score (nSPS) is 10.2. The van der Waals surface area contributed by atoms with Gasteiger partial charge in [-0.25, -0.2) is 0 Å². The first kappa shape index (κ1) is 9.59. The Kier molecular flexibility index (Phi) is 3.83. The molecule has 0 aliphatic carbocycles. The number of allylic oxidation sites excluding steroid dienone is 1. The van der Waals surface area contributed by atoms with Gasteiger partial charge in [0.25, 0.3) is 0 Å². The highest BCUT2D eigenvalue weighted by atomic mass is 14.8. The van der Waals surface area contributed by atoms with E-state index in [-0.39, 0.29) is 0 Å². The van der Waals surface area contributed by atoms with Gasteiger partial charge in [-0.3, -0.25) is 0 Å². The van der Waals surface area contributed by atoms with Crippen molar-refractivity contribution >= 4 is 6.08 Å². The van der Waals surface area contributed by atoms with Crippen molar-refractivity contribution in [1.29, 1.82) is 0 Å².